The van der Waals surface area contributed by atoms with E-state index in [4.69, 9.17) is 9.47 Å². The first kappa shape index (κ1) is 19.0. The van der Waals surface area contributed by atoms with E-state index in [1.54, 1.807) is 6.92 Å². The fourth-order valence-electron chi connectivity index (χ4n) is 3.25. The molecule has 0 aromatic heterocycles. The van der Waals surface area contributed by atoms with Gasteiger partial charge in [-0.1, -0.05) is 60.7 Å². The van der Waals surface area contributed by atoms with E-state index in [9.17, 15) is 9.59 Å². The lowest BCUT2D eigenvalue weighted by atomic mass is 9.91. The van der Waals surface area contributed by atoms with E-state index in [-0.39, 0.29) is 0 Å². The predicted octanol–water partition coefficient (Wildman–Crippen LogP) is 4.65. The van der Waals surface area contributed by atoms with Crippen molar-refractivity contribution in [3.63, 3.8) is 0 Å². The van der Waals surface area contributed by atoms with Gasteiger partial charge in [-0.3, -0.25) is 4.90 Å². The van der Waals surface area contributed by atoms with E-state index in [0.717, 1.165) is 11.1 Å². The second-order valence-electron chi connectivity index (χ2n) is 7.69. The summed E-state index contributed by atoms with van der Waals surface area (Å²) in [5.74, 6) is -0.443. The van der Waals surface area contributed by atoms with Gasteiger partial charge in [0, 0.05) is 0 Å². The topological polar surface area (TPSA) is 55.8 Å². The van der Waals surface area contributed by atoms with E-state index in [1.165, 1.54) is 4.90 Å². The third kappa shape index (κ3) is 4.13. The average molecular weight is 367 g/mol. The van der Waals surface area contributed by atoms with Gasteiger partial charge in [0.05, 0.1) is 0 Å². The number of ether oxygens (including phenoxy) is 2. The van der Waals surface area contributed by atoms with Gasteiger partial charge in [-0.15, -0.1) is 0 Å². The Bertz CT molecular complexity index is 798. The highest BCUT2D eigenvalue weighted by Gasteiger charge is 2.47. The van der Waals surface area contributed by atoms with Crippen molar-refractivity contribution in [1.82, 2.24) is 4.90 Å². The Morgan fingerprint density at radius 2 is 1.48 bits per heavy atom. The van der Waals surface area contributed by atoms with Crippen LogP contribution in [0.4, 0.5) is 4.79 Å². The lowest BCUT2D eigenvalue weighted by molar-refractivity contribution is -0.173. The summed E-state index contributed by atoms with van der Waals surface area (Å²) in [5, 5.41) is 0. The summed E-state index contributed by atoms with van der Waals surface area (Å²) in [6.07, 6.45) is -1.13. The van der Waals surface area contributed by atoms with Crippen molar-refractivity contribution in [1.29, 1.82) is 0 Å². The van der Waals surface area contributed by atoms with Crippen molar-refractivity contribution in [2.45, 2.75) is 51.5 Å². The highest BCUT2D eigenvalue weighted by atomic mass is 16.6. The number of hydrogen-bond donors (Lipinski definition) is 0. The zero-order chi connectivity index (χ0) is 19.6. The molecule has 3 rings (SSSR count). The summed E-state index contributed by atoms with van der Waals surface area (Å²) >= 11 is 0. The maximum absolute atomic E-state index is 13.0. The van der Waals surface area contributed by atoms with Gasteiger partial charge >= 0.3 is 12.1 Å². The Hall–Kier alpha value is -2.82. The van der Waals surface area contributed by atoms with Crippen molar-refractivity contribution < 1.29 is 19.1 Å². The number of esters is 1. The van der Waals surface area contributed by atoms with Crippen LogP contribution in [0, 0.1) is 0 Å². The standard InChI is InChI=1S/C22H25NO4/c1-15-20(24)26-19(17-13-9-6-10-14-17)18(16-11-7-5-8-12-16)23(15)21(25)27-22(2,3)4/h5-15,18-19H,1-4H3/t15-,18-,19+/m0/s1. The normalized spacial score (nSPS) is 22.9. The molecule has 0 N–H and O–H groups in total. The zero-order valence-corrected chi connectivity index (χ0v) is 16.1. The van der Waals surface area contributed by atoms with Crippen LogP contribution in [-0.2, 0) is 14.3 Å². The van der Waals surface area contributed by atoms with Crippen LogP contribution in [0.2, 0.25) is 0 Å². The molecule has 1 aliphatic rings. The fraction of sp³-hybridized carbons (Fsp3) is 0.364. The van der Waals surface area contributed by atoms with Crippen LogP contribution in [-0.4, -0.2) is 28.6 Å². The molecule has 1 amide bonds. The molecule has 1 fully saturated rings. The molecule has 1 saturated heterocycles. The minimum absolute atomic E-state index is 0.443. The molecule has 0 bridgehead atoms. The molecule has 0 aliphatic carbocycles. The Balaban J connectivity index is 2.09. The molecule has 1 heterocycles. The molecule has 27 heavy (non-hydrogen) atoms. The third-order valence-corrected chi connectivity index (χ3v) is 4.46. The zero-order valence-electron chi connectivity index (χ0n) is 16.1. The molecule has 0 radical (unpaired) electrons. The van der Waals surface area contributed by atoms with Crippen LogP contribution in [0.5, 0.6) is 0 Å². The van der Waals surface area contributed by atoms with E-state index >= 15 is 0 Å². The lowest BCUT2D eigenvalue weighted by Crippen LogP contribution is -2.54. The van der Waals surface area contributed by atoms with Gasteiger partial charge < -0.3 is 9.47 Å². The number of morpholine rings is 1. The van der Waals surface area contributed by atoms with E-state index in [1.807, 2.05) is 81.4 Å². The Labute approximate surface area is 159 Å². The second kappa shape index (κ2) is 7.43. The molecule has 2 aromatic carbocycles. The lowest BCUT2D eigenvalue weighted by Gasteiger charge is -2.44. The molecule has 0 unspecified atom stereocenters. The third-order valence-electron chi connectivity index (χ3n) is 4.46. The molecule has 2 aromatic rings. The summed E-state index contributed by atoms with van der Waals surface area (Å²) < 4.78 is 11.4. The second-order valence-corrected chi connectivity index (χ2v) is 7.69. The highest BCUT2D eigenvalue weighted by molar-refractivity contribution is 5.83. The van der Waals surface area contributed by atoms with Crippen molar-refractivity contribution in [3.8, 4) is 0 Å². The average Bonchev–Trinajstić information content (AvgIpc) is 2.63. The Kier molecular flexibility index (Phi) is 5.22. The molecule has 5 heteroatoms. The molecular weight excluding hydrogens is 342 g/mol. The summed E-state index contributed by atoms with van der Waals surface area (Å²) in [5.41, 5.74) is 1.05. The molecule has 142 valence electrons. The minimum Gasteiger partial charge on any atom is -0.453 e. The van der Waals surface area contributed by atoms with Gasteiger partial charge in [0.1, 0.15) is 17.7 Å². The Morgan fingerprint density at radius 1 is 0.963 bits per heavy atom. The number of carbonyl (C=O) groups excluding carboxylic acids is 2. The molecule has 5 nitrogen and oxygen atoms in total. The van der Waals surface area contributed by atoms with E-state index in [0.29, 0.717) is 0 Å². The van der Waals surface area contributed by atoms with Gasteiger partial charge in [0.2, 0.25) is 0 Å². The maximum atomic E-state index is 13.0. The number of cyclic esters (lactones) is 1. The first-order chi connectivity index (χ1) is 12.8. The van der Waals surface area contributed by atoms with Gasteiger partial charge in [-0.05, 0) is 38.8 Å². The largest absolute Gasteiger partial charge is 0.453 e. The summed E-state index contributed by atoms with van der Waals surface area (Å²) in [7, 11) is 0. The molecule has 3 atom stereocenters. The number of carbonyl (C=O) groups is 2. The van der Waals surface area contributed by atoms with Crippen LogP contribution in [0.1, 0.15) is 51.0 Å². The summed E-state index contributed by atoms with van der Waals surface area (Å²) in [4.78, 5) is 27.1. The minimum atomic E-state index is -0.745. The Morgan fingerprint density at radius 3 is 2.00 bits per heavy atom. The van der Waals surface area contributed by atoms with Gasteiger partial charge in [0.15, 0.2) is 6.10 Å². The molecule has 0 saturated carbocycles. The van der Waals surface area contributed by atoms with Crippen molar-refractivity contribution in [3.05, 3.63) is 71.8 Å². The molecule has 0 spiro atoms. The number of rotatable bonds is 2. The quantitative estimate of drug-likeness (QED) is 0.725. The van der Waals surface area contributed by atoms with Gasteiger partial charge in [-0.2, -0.15) is 0 Å². The number of hydrogen-bond acceptors (Lipinski definition) is 4. The monoisotopic (exact) mass is 367 g/mol. The first-order valence-corrected chi connectivity index (χ1v) is 9.09. The van der Waals surface area contributed by atoms with Crippen LogP contribution in [0.15, 0.2) is 60.7 Å². The molecule has 1 aliphatic heterocycles. The predicted molar refractivity (Wildman–Crippen MR) is 102 cm³/mol. The van der Waals surface area contributed by atoms with Crippen LogP contribution in [0.25, 0.3) is 0 Å². The SMILES string of the molecule is C[C@H]1C(=O)O[C@H](c2ccccc2)[C@H](c2ccccc2)N1C(=O)OC(C)(C)C. The molecular formula is C22H25NO4. The first-order valence-electron chi connectivity index (χ1n) is 9.09. The van der Waals surface area contributed by atoms with Crippen molar-refractivity contribution >= 4 is 12.1 Å². The fourth-order valence-corrected chi connectivity index (χ4v) is 3.25. The van der Waals surface area contributed by atoms with Gasteiger partial charge in [0.25, 0.3) is 0 Å². The number of nitrogens with zero attached hydrogens (tertiary/aromatic N) is 1. The van der Waals surface area contributed by atoms with E-state index < -0.39 is 35.9 Å². The van der Waals surface area contributed by atoms with Crippen molar-refractivity contribution in [2.75, 3.05) is 0 Å². The number of amides is 1. The van der Waals surface area contributed by atoms with Crippen LogP contribution in [0.3, 0.4) is 0 Å². The highest BCUT2D eigenvalue weighted by Crippen LogP contribution is 2.42. The van der Waals surface area contributed by atoms with E-state index in [2.05, 4.69) is 0 Å². The van der Waals surface area contributed by atoms with Crippen LogP contribution >= 0.6 is 0 Å². The summed E-state index contributed by atoms with van der Waals surface area (Å²) in [6.45, 7) is 7.10. The maximum Gasteiger partial charge on any atom is 0.411 e. The number of benzene rings is 2. The van der Waals surface area contributed by atoms with Crippen LogP contribution < -0.4 is 0 Å². The smallest absolute Gasteiger partial charge is 0.411 e. The van der Waals surface area contributed by atoms with Crippen molar-refractivity contribution in [2.24, 2.45) is 0 Å². The van der Waals surface area contributed by atoms with Gasteiger partial charge in [-0.25, -0.2) is 9.59 Å². The summed E-state index contributed by atoms with van der Waals surface area (Å²) in [6, 6.07) is 17.9.